The minimum absolute atomic E-state index is 0.0174. The molecule has 372 valence electrons. The first-order valence-corrected chi connectivity index (χ1v) is 22.3. The molecule has 0 radical (unpaired) electrons. The first kappa shape index (κ1) is 52.9. The Kier molecular flexibility index (Phi) is 20.0. The molecule has 0 bridgehead atoms. The van der Waals surface area contributed by atoms with Crippen LogP contribution in [0.4, 0.5) is 0 Å². The lowest BCUT2D eigenvalue weighted by atomic mass is 9.84. The Labute approximate surface area is 402 Å². The van der Waals surface area contributed by atoms with Crippen molar-refractivity contribution in [1.82, 2.24) is 29.7 Å². The number of aliphatic hydroxyl groups excluding tert-OH is 2. The van der Waals surface area contributed by atoms with E-state index in [0.29, 0.717) is 6.26 Å². The largest absolute Gasteiger partial charge is 0.512 e. The molecule has 0 aliphatic heterocycles. The Morgan fingerprint density at radius 1 is 0.686 bits per heavy atom. The minimum atomic E-state index is -1.64. The van der Waals surface area contributed by atoms with Gasteiger partial charge in [0.1, 0.15) is 44.9 Å². The molecular weight excluding hydrogens is 911 g/mol. The highest BCUT2D eigenvalue weighted by atomic mass is 16.7. The lowest BCUT2D eigenvalue weighted by Crippen LogP contribution is -2.41. The summed E-state index contributed by atoms with van der Waals surface area (Å²) in [5.74, 6) is -2.58. The number of amides is 3. The Bertz CT molecular complexity index is 2780. The van der Waals surface area contributed by atoms with Crippen molar-refractivity contribution in [1.29, 1.82) is 0 Å². The predicted molar refractivity (Wildman–Crippen MR) is 255 cm³/mol. The molecule has 0 unspecified atom stereocenters. The molecule has 3 amide bonds. The molecule has 3 aromatic heterocycles. The molecule has 70 heavy (non-hydrogen) atoms. The number of nitrogens with one attached hydrogen (secondary N) is 3. The van der Waals surface area contributed by atoms with Crippen LogP contribution in [0, 0.1) is 17.0 Å². The predicted octanol–water partition coefficient (Wildman–Crippen LogP) is 4.05. The van der Waals surface area contributed by atoms with Gasteiger partial charge in [-0.3, -0.25) is 38.9 Å². The SMILES string of the molecule is Cc1c(C(=O)NCCC[C@](CCCNC(=O)c2c(OCc3ccccc3)c(=O)ccn2CO)(CCCNC(=O)c2c(OCc3ccccc3)c(=O)ccn2COCO/C=C/O)[N+](=O)[O-])n(C)ccc1=O. The fourth-order valence-corrected chi connectivity index (χ4v) is 7.66. The molecule has 0 saturated heterocycles. The number of aliphatic hydroxyl groups is 2. The van der Waals surface area contributed by atoms with Gasteiger partial charge in [0.25, 0.3) is 17.7 Å². The molecule has 0 aliphatic carbocycles. The Morgan fingerprint density at radius 3 is 1.61 bits per heavy atom. The number of ether oxygens (including phenoxy) is 4. The van der Waals surface area contributed by atoms with Crippen LogP contribution >= 0.6 is 0 Å². The van der Waals surface area contributed by atoms with Crippen LogP contribution in [0.2, 0.25) is 0 Å². The second-order valence-electron chi connectivity index (χ2n) is 16.1. The van der Waals surface area contributed by atoms with Gasteiger partial charge in [-0.05, 0) is 37.3 Å². The quantitative estimate of drug-likeness (QED) is 0.0156. The standard InChI is InChI=1S/C49H57N7O14/c1-35-38(59)16-25-53(2)41(35)46(62)50-22-9-19-49(56(65)66,20-10-23-51-47(63)42-44(39(60)17-26-54(42)32-58)69-30-36-12-5-3-6-13-36)21-11-24-52-48(64)43-45(70-31-37-14-7-4-8-15-37)40(61)18-27-55(43)33-68-34-67-29-28-57/h3-8,12-18,25-29,57-58H,9-11,19-24,30-34H2,1-2H3,(H,50,62)(H,51,63)(H,52,64)/b29-28+/t49-/m0/s1. The van der Waals surface area contributed by atoms with Crippen molar-refractivity contribution in [2.24, 2.45) is 7.05 Å². The lowest BCUT2D eigenvalue weighted by molar-refractivity contribution is -0.574. The van der Waals surface area contributed by atoms with Gasteiger partial charge in [-0.15, -0.1) is 0 Å². The average molecular weight is 968 g/mol. The number of hydrogen-bond acceptors (Lipinski definition) is 14. The number of nitrogens with zero attached hydrogens (tertiary/aromatic N) is 4. The average Bonchev–Trinajstić information content (AvgIpc) is 3.36. The van der Waals surface area contributed by atoms with Crippen LogP contribution in [0.3, 0.4) is 0 Å². The molecule has 0 saturated carbocycles. The van der Waals surface area contributed by atoms with Crippen molar-refractivity contribution in [2.75, 3.05) is 26.4 Å². The van der Waals surface area contributed by atoms with Crippen molar-refractivity contribution < 1.29 is 48.5 Å². The maximum Gasteiger partial charge on any atom is 0.272 e. The van der Waals surface area contributed by atoms with Crippen LogP contribution in [0.5, 0.6) is 11.5 Å². The molecule has 21 nitrogen and oxygen atoms in total. The number of aromatic nitrogens is 3. The zero-order chi connectivity index (χ0) is 50.5. The Hall–Kier alpha value is -8.04. The van der Waals surface area contributed by atoms with Crippen molar-refractivity contribution >= 4 is 17.7 Å². The summed E-state index contributed by atoms with van der Waals surface area (Å²) in [5, 5.41) is 40.3. The van der Waals surface area contributed by atoms with Gasteiger partial charge in [-0.25, -0.2) is 0 Å². The highest BCUT2D eigenvalue weighted by Crippen LogP contribution is 2.29. The van der Waals surface area contributed by atoms with Crippen molar-refractivity contribution in [3.05, 3.63) is 185 Å². The van der Waals surface area contributed by atoms with Crippen molar-refractivity contribution in [2.45, 2.75) is 77.7 Å². The Morgan fingerprint density at radius 2 is 1.14 bits per heavy atom. The molecular formula is C49H57N7O14. The van der Waals surface area contributed by atoms with Gasteiger partial charge >= 0.3 is 0 Å². The number of hydrogen-bond donors (Lipinski definition) is 5. The number of carbonyl (C=O) groups is 3. The smallest absolute Gasteiger partial charge is 0.272 e. The zero-order valence-corrected chi connectivity index (χ0v) is 38.9. The second kappa shape index (κ2) is 26.5. The maximum absolute atomic E-state index is 13.9. The Balaban J connectivity index is 1.31. The van der Waals surface area contributed by atoms with Gasteiger partial charge in [-0.2, -0.15) is 0 Å². The van der Waals surface area contributed by atoms with Gasteiger partial charge in [0.15, 0.2) is 35.1 Å². The van der Waals surface area contributed by atoms with E-state index in [1.165, 1.54) is 46.8 Å². The van der Waals surface area contributed by atoms with E-state index in [1.54, 1.807) is 55.6 Å². The molecule has 0 fully saturated rings. The first-order valence-electron chi connectivity index (χ1n) is 22.3. The number of rotatable bonds is 28. The number of carbonyl (C=O) groups excluding carboxylic acids is 3. The summed E-state index contributed by atoms with van der Waals surface area (Å²) >= 11 is 0. The van der Waals surface area contributed by atoms with E-state index >= 15 is 0 Å². The fraction of sp³-hybridized carbons (Fsp3) is 0.347. The number of nitro groups is 1. The summed E-state index contributed by atoms with van der Waals surface area (Å²) in [7, 11) is 1.62. The third-order valence-electron chi connectivity index (χ3n) is 11.3. The van der Waals surface area contributed by atoms with E-state index in [2.05, 4.69) is 16.0 Å². The van der Waals surface area contributed by atoms with Gasteiger partial charge in [0.2, 0.25) is 16.4 Å². The number of benzene rings is 2. The topological polar surface area (TPSA) is 274 Å². The van der Waals surface area contributed by atoms with E-state index in [9.17, 15) is 44.0 Å². The molecule has 1 atom stereocenters. The summed E-state index contributed by atoms with van der Waals surface area (Å²) in [6, 6.07) is 21.6. The molecule has 5 aromatic rings. The van der Waals surface area contributed by atoms with Crippen LogP contribution in [-0.2, 0) is 43.2 Å². The van der Waals surface area contributed by atoms with E-state index < -0.39 is 45.8 Å². The van der Waals surface area contributed by atoms with Crippen LogP contribution in [0.1, 0.15) is 86.7 Å². The third kappa shape index (κ3) is 14.5. The number of aryl methyl sites for hydroxylation is 1. The molecule has 3 heterocycles. The molecule has 5 rings (SSSR count). The van der Waals surface area contributed by atoms with Crippen LogP contribution < -0.4 is 41.7 Å². The molecule has 2 aromatic carbocycles. The third-order valence-corrected chi connectivity index (χ3v) is 11.3. The van der Waals surface area contributed by atoms with E-state index in [0.717, 1.165) is 28.0 Å². The normalized spacial score (nSPS) is 11.9. The fourth-order valence-electron chi connectivity index (χ4n) is 7.66. The zero-order valence-electron chi connectivity index (χ0n) is 38.9. The van der Waals surface area contributed by atoms with Gasteiger partial charge in [0.05, 0.1) is 0 Å². The second-order valence-corrected chi connectivity index (χ2v) is 16.1. The molecule has 0 aliphatic rings. The van der Waals surface area contributed by atoms with E-state index in [4.69, 9.17) is 24.1 Å². The summed E-state index contributed by atoms with van der Waals surface area (Å²) in [6.07, 6.45) is 5.79. The van der Waals surface area contributed by atoms with Gasteiger partial charge in [0, 0.05) is 93.2 Å². The summed E-state index contributed by atoms with van der Waals surface area (Å²) < 4.78 is 26.1. The van der Waals surface area contributed by atoms with Crippen molar-refractivity contribution in [3.8, 4) is 11.5 Å². The van der Waals surface area contributed by atoms with Crippen LogP contribution in [0.25, 0.3) is 0 Å². The summed E-state index contributed by atoms with van der Waals surface area (Å²) in [4.78, 5) is 91.9. The van der Waals surface area contributed by atoms with Crippen LogP contribution in [-0.4, -0.2) is 78.5 Å². The first-order chi connectivity index (χ1) is 33.8. The number of pyridine rings is 3. The molecule has 0 spiro atoms. The minimum Gasteiger partial charge on any atom is -0.512 e. The van der Waals surface area contributed by atoms with Gasteiger partial charge in [-0.1, -0.05) is 60.7 Å². The maximum atomic E-state index is 13.9. The van der Waals surface area contributed by atoms with E-state index in [-0.39, 0.29) is 124 Å². The highest BCUT2D eigenvalue weighted by molar-refractivity contribution is 5.96. The lowest BCUT2D eigenvalue weighted by Gasteiger charge is -2.26. The molecule has 5 N–H and O–H groups in total. The summed E-state index contributed by atoms with van der Waals surface area (Å²) in [5.41, 5.74) is -1.72. The van der Waals surface area contributed by atoms with Gasteiger partial charge < -0.3 is 58.8 Å². The van der Waals surface area contributed by atoms with E-state index in [1.807, 2.05) is 12.1 Å². The van der Waals surface area contributed by atoms with Crippen LogP contribution in [0.15, 0.2) is 124 Å². The summed E-state index contributed by atoms with van der Waals surface area (Å²) in [6.45, 7) is 0.0500. The van der Waals surface area contributed by atoms with Crippen molar-refractivity contribution in [3.63, 3.8) is 0 Å². The highest BCUT2D eigenvalue weighted by Gasteiger charge is 2.41. The monoisotopic (exact) mass is 967 g/mol. The molecule has 21 heteroatoms.